The van der Waals surface area contributed by atoms with E-state index >= 15 is 0 Å². The van der Waals surface area contributed by atoms with E-state index in [1.54, 1.807) is 30.3 Å². The van der Waals surface area contributed by atoms with Crippen molar-refractivity contribution in [1.29, 1.82) is 0 Å². The van der Waals surface area contributed by atoms with Gasteiger partial charge in [-0.25, -0.2) is 8.42 Å². The van der Waals surface area contributed by atoms with Crippen molar-refractivity contribution < 1.29 is 27.5 Å². The van der Waals surface area contributed by atoms with E-state index in [4.69, 9.17) is 9.47 Å². The molecule has 0 bridgehead atoms. The summed E-state index contributed by atoms with van der Waals surface area (Å²) in [5.74, 6) is 0.0340. The van der Waals surface area contributed by atoms with Crippen LogP contribution in [0, 0.1) is 12.8 Å². The number of hydrogen-bond donors (Lipinski definition) is 1. The molecule has 0 heterocycles. The molecule has 0 spiro atoms. The fourth-order valence-electron chi connectivity index (χ4n) is 4.46. The molecule has 0 aliphatic heterocycles. The Labute approximate surface area is 249 Å². The minimum absolute atomic E-state index is 0.00877. The van der Waals surface area contributed by atoms with Crippen molar-refractivity contribution >= 4 is 27.5 Å². The largest absolute Gasteiger partial charge is 0.497 e. The molecule has 1 atom stereocenters. The monoisotopic (exact) mass is 595 g/mol. The Morgan fingerprint density at radius 2 is 1.60 bits per heavy atom. The standard InChI is InChI=1S/C32H41N3O6S/c1-7-28(32(37)33-20-23(2)3)34(21-25-15-13-24(4)14-16-25)31(36)22-35(42(38,39)27-11-9-8-10-12-27)29-19-26(40-5)17-18-30(29)41-6/h8-19,23,28H,7,20-22H2,1-6H3,(H,33,37)/t28-/m1/s1. The first kappa shape index (κ1) is 32.5. The fourth-order valence-corrected chi connectivity index (χ4v) is 5.89. The minimum Gasteiger partial charge on any atom is -0.497 e. The number of benzene rings is 3. The van der Waals surface area contributed by atoms with Gasteiger partial charge in [0.2, 0.25) is 11.8 Å². The average molecular weight is 596 g/mol. The second kappa shape index (κ2) is 14.7. The molecule has 9 nitrogen and oxygen atoms in total. The summed E-state index contributed by atoms with van der Waals surface area (Å²) >= 11 is 0. The van der Waals surface area contributed by atoms with Gasteiger partial charge in [0.15, 0.2) is 0 Å². The number of carbonyl (C=O) groups excluding carboxylic acids is 2. The first-order valence-corrected chi connectivity index (χ1v) is 15.4. The Kier molecular flexibility index (Phi) is 11.4. The molecule has 1 N–H and O–H groups in total. The average Bonchev–Trinajstić information content (AvgIpc) is 2.99. The van der Waals surface area contributed by atoms with E-state index < -0.39 is 28.5 Å². The van der Waals surface area contributed by atoms with Gasteiger partial charge in [-0.1, -0.05) is 68.8 Å². The quantitative estimate of drug-likeness (QED) is 0.288. The molecule has 3 rings (SSSR count). The van der Waals surface area contributed by atoms with Crippen LogP contribution in [0.15, 0.2) is 77.7 Å². The highest BCUT2D eigenvalue weighted by Crippen LogP contribution is 2.36. The lowest BCUT2D eigenvalue weighted by Crippen LogP contribution is -2.52. The van der Waals surface area contributed by atoms with Crippen molar-refractivity contribution in [2.45, 2.75) is 51.6 Å². The fraction of sp³-hybridized carbons (Fsp3) is 0.375. The summed E-state index contributed by atoms with van der Waals surface area (Å²) in [6.45, 7) is 7.79. The summed E-state index contributed by atoms with van der Waals surface area (Å²) in [4.78, 5) is 29.1. The summed E-state index contributed by atoms with van der Waals surface area (Å²) in [6, 6.07) is 19.5. The van der Waals surface area contributed by atoms with Gasteiger partial charge in [0.25, 0.3) is 10.0 Å². The SMILES string of the molecule is CC[C@H](C(=O)NCC(C)C)N(Cc1ccc(C)cc1)C(=O)CN(c1cc(OC)ccc1OC)S(=O)(=O)c1ccccc1. The highest BCUT2D eigenvalue weighted by atomic mass is 32.2. The number of carbonyl (C=O) groups is 2. The molecule has 0 radical (unpaired) electrons. The first-order chi connectivity index (χ1) is 20.0. The van der Waals surface area contributed by atoms with Gasteiger partial charge in [0, 0.05) is 19.2 Å². The number of anilines is 1. The number of ether oxygens (including phenoxy) is 2. The Balaban J connectivity index is 2.12. The summed E-state index contributed by atoms with van der Waals surface area (Å²) in [5.41, 5.74) is 2.02. The topological polar surface area (TPSA) is 105 Å². The van der Waals surface area contributed by atoms with Crippen LogP contribution < -0.4 is 19.1 Å². The third kappa shape index (κ3) is 8.03. The van der Waals surface area contributed by atoms with Crippen LogP contribution in [-0.4, -0.2) is 58.5 Å². The molecule has 0 saturated carbocycles. The predicted molar refractivity (Wildman–Crippen MR) is 164 cm³/mol. The highest BCUT2D eigenvalue weighted by molar-refractivity contribution is 7.92. The van der Waals surface area contributed by atoms with Crippen LogP contribution in [-0.2, 0) is 26.2 Å². The van der Waals surface area contributed by atoms with E-state index in [2.05, 4.69) is 5.32 Å². The number of nitrogens with one attached hydrogen (secondary N) is 1. The third-order valence-electron chi connectivity index (χ3n) is 6.81. The molecule has 0 aromatic heterocycles. The predicted octanol–water partition coefficient (Wildman–Crippen LogP) is 4.79. The Morgan fingerprint density at radius 3 is 2.17 bits per heavy atom. The second-order valence-electron chi connectivity index (χ2n) is 10.4. The molecule has 2 amide bonds. The van der Waals surface area contributed by atoms with Gasteiger partial charge in [0.05, 0.1) is 24.8 Å². The molecule has 3 aromatic carbocycles. The maximum absolute atomic E-state index is 14.2. The maximum atomic E-state index is 14.2. The number of sulfonamides is 1. The molecule has 0 aliphatic rings. The van der Waals surface area contributed by atoms with Crippen LogP contribution in [0.5, 0.6) is 11.5 Å². The van der Waals surface area contributed by atoms with Crippen molar-refractivity contribution in [2.75, 3.05) is 31.6 Å². The lowest BCUT2D eigenvalue weighted by atomic mass is 10.1. The van der Waals surface area contributed by atoms with Crippen molar-refractivity contribution in [3.63, 3.8) is 0 Å². The van der Waals surface area contributed by atoms with Crippen LogP contribution in [0.2, 0.25) is 0 Å². The van der Waals surface area contributed by atoms with E-state index in [0.717, 1.165) is 15.4 Å². The molecule has 0 saturated heterocycles. The number of hydrogen-bond acceptors (Lipinski definition) is 6. The number of rotatable bonds is 14. The molecule has 10 heteroatoms. The molecule has 0 unspecified atom stereocenters. The number of amides is 2. The zero-order chi connectivity index (χ0) is 30.9. The lowest BCUT2D eigenvalue weighted by molar-refractivity contribution is -0.140. The van der Waals surface area contributed by atoms with Gasteiger partial charge in [-0.15, -0.1) is 0 Å². The van der Waals surface area contributed by atoms with Crippen LogP contribution in [0.4, 0.5) is 5.69 Å². The molecular weight excluding hydrogens is 554 g/mol. The lowest BCUT2D eigenvalue weighted by Gasteiger charge is -2.33. The van der Waals surface area contributed by atoms with E-state index in [1.807, 2.05) is 52.0 Å². The molecule has 226 valence electrons. The van der Waals surface area contributed by atoms with E-state index in [9.17, 15) is 18.0 Å². The van der Waals surface area contributed by atoms with Gasteiger partial charge in [-0.3, -0.25) is 13.9 Å². The molecule has 0 fully saturated rings. The van der Waals surface area contributed by atoms with Gasteiger partial charge in [-0.05, 0) is 49.1 Å². The van der Waals surface area contributed by atoms with E-state index in [1.165, 1.54) is 37.3 Å². The highest BCUT2D eigenvalue weighted by Gasteiger charge is 2.35. The zero-order valence-corrected chi connectivity index (χ0v) is 26.0. The molecule has 0 aliphatic carbocycles. The Hall–Kier alpha value is -4.05. The second-order valence-corrected chi connectivity index (χ2v) is 12.3. The van der Waals surface area contributed by atoms with E-state index in [0.29, 0.717) is 18.7 Å². The van der Waals surface area contributed by atoms with Crippen molar-refractivity contribution in [1.82, 2.24) is 10.2 Å². The first-order valence-electron chi connectivity index (χ1n) is 13.9. The Bertz CT molecular complexity index is 1440. The van der Waals surface area contributed by atoms with Crippen LogP contribution in [0.25, 0.3) is 0 Å². The number of methoxy groups -OCH3 is 2. The number of aryl methyl sites for hydroxylation is 1. The van der Waals surface area contributed by atoms with Crippen molar-refractivity contribution in [3.8, 4) is 11.5 Å². The molecule has 3 aromatic rings. The van der Waals surface area contributed by atoms with Crippen molar-refractivity contribution in [2.24, 2.45) is 5.92 Å². The van der Waals surface area contributed by atoms with Gasteiger partial charge >= 0.3 is 0 Å². The zero-order valence-electron chi connectivity index (χ0n) is 25.2. The number of nitrogens with zero attached hydrogens (tertiary/aromatic N) is 2. The minimum atomic E-state index is -4.24. The summed E-state index contributed by atoms with van der Waals surface area (Å²) in [5, 5.41) is 2.94. The van der Waals surface area contributed by atoms with E-state index in [-0.39, 0.29) is 34.7 Å². The Morgan fingerprint density at radius 1 is 0.929 bits per heavy atom. The third-order valence-corrected chi connectivity index (χ3v) is 8.58. The van der Waals surface area contributed by atoms with Gasteiger partial charge in [-0.2, -0.15) is 0 Å². The normalized spacial score (nSPS) is 12.0. The van der Waals surface area contributed by atoms with Crippen LogP contribution in [0.1, 0.15) is 38.3 Å². The molecular formula is C32H41N3O6S. The molecule has 42 heavy (non-hydrogen) atoms. The van der Waals surface area contributed by atoms with Crippen LogP contribution >= 0.6 is 0 Å². The summed E-state index contributed by atoms with van der Waals surface area (Å²) in [6.07, 6.45) is 0.343. The summed E-state index contributed by atoms with van der Waals surface area (Å²) in [7, 11) is -1.35. The van der Waals surface area contributed by atoms with Crippen LogP contribution in [0.3, 0.4) is 0 Å². The van der Waals surface area contributed by atoms with Crippen molar-refractivity contribution in [3.05, 3.63) is 83.9 Å². The smallest absolute Gasteiger partial charge is 0.264 e. The maximum Gasteiger partial charge on any atom is 0.264 e. The van der Waals surface area contributed by atoms with Gasteiger partial charge < -0.3 is 19.7 Å². The summed E-state index contributed by atoms with van der Waals surface area (Å²) < 4.78 is 40.1. The van der Waals surface area contributed by atoms with Gasteiger partial charge in [0.1, 0.15) is 24.1 Å².